The zero-order valence-corrected chi connectivity index (χ0v) is 15.8. The number of carbonyl (C=O) groups excluding carboxylic acids is 1. The summed E-state index contributed by atoms with van der Waals surface area (Å²) in [6.07, 6.45) is 1.98. The van der Waals surface area contributed by atoms with E-state index in [9.17, 15) is 4.79 Å². The molecule has 1 aliphatic rings. The van der Waals surface area contributed by atoms with E-state index in [0.29, 0.717) is 29.6 Å². The normalized spacial score (nSPS) is 16.6. The predicted molar refractivity (Wildman–Crippen MR) is 98.6 cm³/mol. The molecule has 1 fully saturated rings. The number of hydrogen-bond acceptors (Lipinski definition) is 4. The van der Waals surface area contributed by atoms with Crippen molar-refractivity contribution in [1.29, 1.82) is 0 Å². The van der Waals surface area contributed by atoms with E-state index < -0.39 is 0 Å². The highest BCUT2D eigenvalue weighted by Crippen LogP contribution is 2.29. The molecule has 0 saturated carbocycles. The van der Waals surface area contributed by atoms with Gasteiger partial charge in [0, 0.05) is 25.2 Å². The summed E-state index contributed by atoms with van der Waals surface area (Å²) >= 11 is 0. The third-order valence-corrected chi connectivity index (χ3v) is 4.27. The maximum atomic E-state index is 12.6. The summed E-state index contributed by atoms with van der Waals surface area (Å²) in [5.74, 6) is 1.91. The first-order valence-electron chi connectivity index (χ1n) is 8.31. The molecule has 0 bridgehead atoms. The van der Waals surface area contributed by atoms with Gasteiger partial charge < -0.3 is 19.7 Å². The molecule has 0 spiro atoms. The fourth-order valence-corrected chi connectivity index (χ4v) is 2.66. The molecule has 5 nitrogen and oxygen atoms in total. The first-order chi connectivity index (χ1) is 11.0. The van der Waals surface area contributed by atoms with Crippen molar-refractivity contribution in [2.24, 2.45) is 5.92 Å². The van der Waals surface area contributed by atoms with Crippen LogP contribution in [0.1, 0.15) is 37.0 Å². The molecular formula is C18H29ClN2O3. The molecule has 0 radical (unpaired) electrons. The molecule has 1 aromatic rings. The molecule has 1 heterocycles. The van der Waals surface area contributed by atoms with Crippen molar-refractivity contribution in [3.05, 3.63) is 23.8 Å². The SMILES string of the molecule is COc1cc(C(=O)N(C)C2CCNC2)ccc1OCCC(C)C.Cl. The van der Waals surface area contributed by atoms with Crippen LogP contribution in [0.25, 0.3) is 0 Å². The van der Waals surface area contributed by atoms with Crippen molar-refractivity contribution in [2.75, 3.05) is 33.9 Å². The summed E-state index contributed by atoms with van der Waals surface area (Å²) in [4.78, 5) is 14.4. The standard InChI is InChI=1S/C18H28N2O3.ClH/c1-13(2)8-10-23-16-6-5-14(11-17(16)22-4)18(21)20(3)15-7-9-19-12-15;/h5-6,11,13,15,19H,7-10,12H2,1-4H3;1H. The Kier molecular flexibility index (Phi) is 8.36. The van der Waals surface area contributed by atoms with E-state index in [2.05, 4.69) is 19.2 Å². The van der Waals surface area contributed by atoms with Gasteiger partial charge in [-0.1, -0.05) is 13.8 Å². The van der Waals surface area contributed by atoms with E-state index in [1.165, 1.54) is 0 Å². The van der Waals surface area contributed by atoms with E-state index in [4.69, 9.17) is 9.47 Å². The van der Waals surface area contributed by atoms with E-state index in [-0.39, 0.29) is 24.4 Å². The van der Waals surface area contributed by atoms with Crippen LogP contribution in [-0.4, -0.2) is 50.7 Å². The van der Waals surface area contributed by atoms with Gasteiger partial charge in [0.2, 0.25) is 0 Å². The fraction of sp³-hybridized carbons (Fsp3) is 0.611. The zero-order chi connectivity index (χ0) is 16.8. The quantitative estimate of drug-likeness (QED) is 0.816. The Hall–Kier alpha value is -1.46. The number of methoxy groups -OCH3 is 1. The minimum atomic E-state index is 0. The molecule has 1 atom stereocenters. The highest BCUT2D eigenvalue weighted by Gasteiger charge is 2.24. The van der Waals surface area contributed by atoms with Crippen molar-refractivity contribution in [3.63, 3.8) is 0 Å². The average molecular weight is 357 g/mol. The van der Waals surface area contributed by atoms with Gasteiger partial charge >= 0.3 is 0 Å². The largest absolute Gasteiger partial charge is 0.493 e. The average Bonchev–Trinajstić information content (AvgIpc) is 3.07. The van der Waals surface area contributed by atoms with Gasteiger partial charge in [0.25, 0.3) is 5.91 Å². The lowest BCUT2D eigenvalue weighted by Crippen LogP contribution is -2.38. The Morgan fingerprint density at radius 3 is 2.71 bits per heavy atom. The molecule has 136 valence electrons. The smallest absolute Gasteiger partial charge is 0.254 e. The number of ether oxygens (including phenoxy) is 2. The first-order valence-corrected chi connectivity index (χ1v) is 8.31. The van der Waals surface area contributed by atoms with Gasteiger partial charge in [-0.05, 0) is 43.5 Å². The zero-order valence-electron chi connectivity index (χ0n) is 15.0. The van der Waals surface area contributed by atoms with Crippen LogP contribution >= 0.6 is 12.4 Å². The molecule has 1 saturated heterocycles. The maximum absolute atomic E-state index is 12.6. The van der Waals surface area contributed by atoms with Crippen LogP contribution in [-0.2, 0) is 0 Å². The van der Waals surface area contributed by atoms with E-state index in [1.54, 1.807) is 13.2 Å². The molecule has 24 heavy (non-hydrogen) atoms. The van der Waals surface area contributed by atoms with Crippen molar-refractivity contribution >= 4 is 18.3 Å². The molecule has 0 aromatic heterocycles. The summed E-state index contributed by atoms with van der Waals surface area (Å²) in [6, 6.07) is 5.67. The molecule has 2 rings (SSSR count). The number of rotatable bonds is 7. The van der Waals surface area contributed by atoms with Crippen LogP contribution in [0.2, 0.25) is 0 Å². The number of halogens is 1. The Morgan fingerprint density at radius 1 is 1.38 bits per heavy atom. The minimum Gasteiger partial charge on any atom is -0.493 e. The topological polar surface area (TPSA) is 50.8 Å². The Bertz CT molecular complexity index is 531. The molecule has 1 amide bonds. The second-order valence-electron chi connectivity index (χ2n) is 6.46. The molecule has 0 aliphatic carbocycles. The monoisotopic (exact) mass is 356 g/mol. The highest BCUT2D eigenvalue weighted by atomic mass is 35.5. The maximum Gasteiger partial charge on any atom is 0.254 e. The predicted octanol–water partition coefficient (Wildman–Crippen LogP) is 2.98. The highest BCUT2D eigenvalue weighted by molar-refractivity contribution is 5.95. The summed E-state index contributed by atoms with van der Waals surface area (Å²) in [5.41, 5.74) is 0.632. The fourth-order valence-electron chi connectivity index (χ4n) is 2.66. The number of carbonyl (C=O) groups is 1. The van der Waals surface area contributed by atoms with Crippen LogP contribution in [0.4, 0.5) is 0 Å². The lowest BCUT2D eigenvalue weighted by Gasteiger charge is -2.24. The minimum absolute atomic E-state index is 0. The first kappa shape index (κ1) is 20.6. The number of nitrogens with zero attached hydrogens (tertiary/aromatic N) is 1. The van der Waals surface area contributed by atoms with Crippen LogP contribution in [0.5, 0.6) is 11.5 Å². The molecule has 6 heteroatoms. The van der Waals surface area contributed by atoms with Gasteiger partial charge in [-0.2, -0.15) is 0 Å². The molecular weight excluding hydrogens is 328 g/mol. The lowest BCUT2D eigenvalue weighted by molar-refractivity contribution is 0.0743. The number of amides is 1. The Labute approximate surface area is 151 Å². The molecule has 1 aromatic carbocycles. The van der Waals surface area contributed by atoms with Crippen molar-refractivity contribution in [3.8, 4) is 11.5 Å². The number of likely N-dealkylation sites (N-methyl/N-ethyl adjacent to an activating group) is 1. The third-order valence-electron chi connectivity index (χ3n) is 4.27. The summed E-state index contributed by atoms with van der Waals surface area (Å²) in [5, 5.41) is 3.28. The van der Waals surface area contributed by atoms with Crippen molar-refractivity contribution in [2.45, 2.75) is 32.7 Å². The van der Waals surface area contributed by atoms with Gasteiger partial charge in [0.1, 0.15) is 0 Å². The van der Waals surface area contributed by atoms with Crippen LogP contribution in [0.3, 0.4) is 0 Å². The second-order valence-corrected chi connectivity index (χ2v) is 6.46. The number of nitrogens with one attached hydrogen (secondary N) is 1. The van der Waals surface area contributed by atoms with Gasteiger partial charge in [0.05, 0.1) is 13.7 Å². The summed E-state index contributed by atoms with van der Waals surface area (Å²) in [6.45, 7) is 6.80. The second kappa shape index (κ2) is 9.74. The van der Waals surface area contributed by atoms with Crippen molar-refractivity contribution < 1.29 is 14.3 Å². The van der Waals surface area contributed by atoms with Crippen LogP contribution < -0.4 is 14.8 Å². The lowest BCUT2D eigenvalue weighted by atomic mass is 10.1. The van der Waals surface area contributed by atoms with Gasteiger partial charge in [-0.3, -0.25) is 4.79 Å². The molecule has 1 unspecified atom stereocenters. The summed E-state index contributed by atoms with van der Waals surface area (Å²) in [7, 11) is 3.46. The number of benzene rings is 1. The number of hydrogen-bond donors (Lipinski definition) is 1. The summed E-state index contributed by atoms with van der Waals surface area (Å²) < 4.78 is 11.2. The van der Waals surface area contributed by atoms with E-state index >= 15 is 0 Å². The van der Waals surface area contributed by atoms with E-state index in [1.807, 2.05) is 24.1 Å². The van der Waals surface area contributed by atoms with Crippen LogP contribution in [0.15, 0.2) is 18.2 Å². The molecule has 1 N–H and O–H groups in total. The van der Waals surface area contributed by atoms with Gasteiger partial charge in [-0.15, -0.1) is 12.4 Å². The molecule has 1 aliphatic heterocycles. The Balaban J connectivity index is 0.00000288. The third kappa shape index (κ3) is 5.28. The van der Waals surface area contributed by atoms with E-state index in [0.717, 1.165) is 25.9 Å². The van der Waals surface area contributed by atoms with Crippen LogP contribution in [0, 0.1) is 5.92 Å². The van der Waals surface area contributed by atoms with Gasteiger partial charge in [0.15, 0.2) is 11.5 Å². The Morgan fingerprint density at radius 2 is 2.12 bits per heavy atom. The van der Waals surface area contributed by atoms with Gasteiger partial charge in [-0.25, -0.2) is 0 Å². The van der Waals surface area contributed by atoms with Crippen molar-refractivity contribution in [1.82, 2.24) is 10.2 Å².